The molecule has 0 radical (unpaired) electrons. The van der Waals surface area contributed by atoms with Crippen molar-refractivity contribution in [3.8, 4) is 0 Å². The van der Waals surface area contributed by atoms with Gasteiger partial charge in [0.25, 0.3) is 0 Å². The van der Waals surface area contributed by atoms with Crippen molar-refractivity contribution >= 4 is 0 Å². The van der Waals surface area contributed by atoms with E-state index in [4.69, 9.17) is 15.3 Å². The van der Waals surface area contributed by atoms with Crippen molar-refractivity contribution in [2.75, 3.05) is 6.61 Å². The molecule has 1 heterocycles. The molecule has 1 aromatic heterocycles. The Labute approximate surface area is 57.9 Å². The van der Waals surface area contributed by atoms with Gasteiger partial charge in [-0.2, -0.15) is 0 Å². The molecule has 0 bridgehead atoms. The lowest BCUT2D eigenvalue weighted by Gasteiger charge is -1.98. The van der Waals surface area contributed by atoms with Crippen LogP contribution < -0.4 is 5.73 Å². The fourth-order valence-corrected chi connectivity index (χ4v) is 0.540. The Balaban J connectivity index is 2.74. The fourth-order valence-electron chi connectivity index (χ4n) is 0.540. The normalized spacial score (nSPS) is 13.5. The molecule has 0 saturated heterocycles. The zero-order chi connectivity index (χ0) is 7.56. The van der Waals surface area contributed by atoms with Gasteiger partial charge in [-0.25, -0.2) is 0 Å². The number of aromatic nitrogens is 2. The monoisotopic (exact) mass is 143 g/mol. The van der Waals surface area contributed by atoms with E-state index in [0.29, 0.717) is 5.89 Å². The summed E-state index contributed by atoms with van der Waals surface area (Å²) in [6, 6.07) is -0.554. The Morgan fingerprint density at radius 3 is 2.80 bits per heavy atom. The van der Waals surface area contributed by atoms with Crippen molar-refractivity contribution in [3.63, 3.8) is 0 Å². The molecule has 0 saturated carbocycles. The highest BCUT2D eigenvalue weighted by atomic mass is 16.4. The maximum atomic E-state index is 8.54. The SMILES string of the molecule is Cc1nnc([C@@H](N)CO)o1. The average Bonchev–Trinajstić information content (AvgIpc) is 2.34. The van der Waals surface area contributed by atoms with Gasteiger partial charge in [-0.1, -0.05) is 0 Å². The lowest BCUT2D eigenvalue weighted by Crippen LogP contribution is -2.14. The quantitative estimate of drug-likeness (QED) is 0.575. The van der Waals surface area contributed by atoms with Gasteiger partial charge in [0.2, 0.25) is 11.8 Å². The van der Waals surface area contributed by atoms with Gasteiger partial charge in [0.1, 0.15) is 6.04 Å². The summed E-state index contributed by atoms with van der Waals surface area (Å²) in [6.45, 7) is 1.49. The Hall–Kier alpha value is -0.940. The minimum Gasteiger partial charge on any atom is -0.424 e. The van der Waals surface area contributed by atoms with Crippen molar-refractivity contribution < 1.29 is 9.52 Å². The van der Waals surface area contributed by atoms with Crippen molar-refractivity contribution in [2.45, 2.75) is 13.0 Å². The van der Waals surface area contributed by atoms with Crippen LogP contribution in [0.3, 0.4) is 0 Å². The Morgan fingerprint density at radius 1 is 1.70 bits per heavy atom. The van der Waals surface area contributed by atoms with Gasteiger partial charge in [0.15, 0.2) is 0 Å². The first-order chi connectivity index (χ1) is 4.74. The molecule has 0 amide bonds. The molecule has 5 nitrogen and oxygen atoms in total. The fraction of sp³-hybridized carbons (Fsp3) is 0.600. The lowest BCUT2D eigenvalue weighted by molar-refractivity contribution is 0.246. The molecule has 0 aliphatic heterocycles. The molecule has 56 valence electrons. The number of nitrogens with zero attached hydrogens (tertiary/aromatic N) is 2. The zero-order valence-electron chi connectivity index (χ0n) is 5.61. The molecule has 0 aliphatic carbocycles. The van der Waals surface area contributed by atoms with Crippen LogP contribution in [-0.2, 0) is 0 Å². The van der Waals surface area contributed by atoms with Gasteiger partial charge in [-0.3, -0.25) is 0 Å². The van der Waals surface area contributed by atoms with Crippen LogP contribution in [0, 0.1) is 6.92 Å². The third-order valence-corrected chi connectivity index (χ3v) is 1.06. The maximum absolute atomic E-state index is 8.54. The zero-order valence-corrected chi connectivity index (χ0v) is 5.61. The molecule has 10 heavy (non-hydrogen) atoms. The van der Waals surface area contributed by atoms with Gasteiger partial charge < -0.3 is 15.3 Å². The standard InChI is InChI=1S/C5H9N3O2/c1-3-7-8-5(10-3)4(6)2-9/h4,9H,2,6H2,1H3/t4-/m0/s1. The van der Waals surface area contributed by atoms with Gasteiger partial charge in [0, 0.05) is 6.92 Å². The Morgan fingerprint density at radius 2 is 2.40 bits per heavy atom. The van der Waals surface area contributed by atoms with Crippen LogP contribution in [0.15, 0.2) is 4.42 Å². The van der Waals surface area contributed by atoms with Crippen LogP contribution >= 0.6 is 0 Å². The van der Waals surface area contributed by atoms with Crippen molar-refractivity contribution in [3.05, 3.63) is 11.8 Å². The minimum absolute atomic E-state index is 0.179. The molecule has 0 unspecified atom stereocenters. The second-order valence-electron chi connectivity index (χ2n) is 1.95. The molecule has 5 heteroatoms. The lowest BCUT2D eigenvalue weighted by atomic mass is 10.3. The van der Waals surface area contributed by atoms with E-state index in [1.54, 1.807) is 6.92 Å². The number of hydrogen-bond acceptors (Lipinski definition) is 5. The van der Waals surface area contributed by atoms with E-state index in [9.17, 15) is 0 Å². The van der Waals surface area contributed by atoms with Crippen LogP contribution in [0.5, 0.6) is 0 Å². The summed E-state index contributed by atoms with van der Waals surface area (Å²) >= 11 is 0. The number of nitrogens with two attached hydrogens (primary N) is 1. The molecule has 0 fully saturated rings. The number of hydrogen-bond donors (Lipinski definition) is 2. The van der Waals surface area contributed by atoms with E-state index in [0.717, 1.165) is 0 Å². The summed E-state index contributed by atoms with van der Waals surface area (Å²) in [5.74, 6) is 0.735. The highest BCUT2D eigenvalue weighted by Gasteiger charge is 2.10. The number of rotatable bonds is 2. The predicted octanol–water partition coefficient (Wildman–Crippen LogP) is -0.630. The predicted molar refractivity (Wildman–Crippen MR) is 33.0 cm³/mol. The highest BCUT2D eigenvalue weighted by molar-refractivity contribution is 4.86. The average molecular weight is 143 g/mol. The molecular weight excluding hydrogens is 134 g/mol. The largest absolute Gasteiger partial charge is 0.424 e. The van der Waals surface area contributed by atoms with E-state index >= 15 is 0 Å². The van der Waals surface area contributed by atoms with Crippen LogP contribution in [0.4, 0.5) is 0 Å². The van der Waals surface area contributed by atoms with Crippen LogP contribution in [0.2, 0.25) is 0 Å². The topological polar surface area (TPSA) is 85.2 Å². The molecular formula is C5H9N3O2. The summed E-state index contributed by atoms with van der Waals surface area (Å²) in [5, 5.41) is 15.7. The van der Waals surface area contributed by atoms with E-state index in [1.807, 2.05) is 0 Å². The molecule has 0 aromatic carbocycles. The summed E-state index contributed by atoms with van der Waals surface area (Å²) in [4.78, 5) is 0. The molecule has 0 aliphatic rings. The van der Waals surface area contributed by atoms with Crippen molar-refractivity contribution in [2.24, 2.45) is 5.73 Å². The molecule has 1 rings (SSSR count). The minimum atomic E-state index is -0.554. The first-order valence-electron chi connectivity index (χ1n) is 2.90. The number of aliphatic hydroxyl groups excluding tert-OH is 1. The van der Waals surface area contributed by atoms with E-state index in [-0.39, 0.29) is 12.5 Å². The smallest absolute Gasteiger partial charge is 0.235 e. The van der Waals surface area contributed by atoms with Crippen LogP contribution in [-0.4, -0.2) is 21.9 Å². The third-order valence-electron chi connectivity index (χ3n) is 1.06. The van der Waals surface area contributed by atoms with Gasteiger partial charge in [0.05, 0.1) is 6.61 Å². The van der Waals surface area contributed by atoms with Crippen LogP contribution in [0.25, 0.3) is 0 Å². The van der Waals surface area contributed by atoms with E-state index in [1.165, 1.54) is 0 Å². The molecule has 1 aromatic rings. The van der Waals surface area contributed by atoms with E-state index in [2.05, 4.69) is 10.2 Å². The number of aliphatic hydroxyl groups is 1. The summed E-state index contributed by atoms with van der Waals surface area (Å²) in [7, 11) is 0. The van der Waals surface area contributed by atoms with Gasteiger partial charge in [-0.05, 0) is 0 Å². The van der Waals surface area contributed by atoms with Gasteiger partial charge in [-0.15, -0.1) is 10.2 Å². The highest BCUT2D eigenvalue weighted by Crippen LogP contribution is 2.05. The maximum Gasteiger partial charge on any atom is 0.235 e. The van der Waals surface area contributed by atoms with Gasteiger partial charge >= 0.3 is 0 Å². The molecule has 3 N–H and O–H groups in total. The Kier molecular flexibility index (Phi) is 1.98. The molecule has 0 spiro atoms. The summed E-state index contributed by atoms with van der Waals surface area (Å²) in [6.07, 6.45) is 0. The second-order valence-corrected chi connectivity index (χ2v) is 1.95. The number of aryl methyl sites for hydroxylation is 1. The second kappa shape index (κ2) is 2.76. The van der Waals surface area contributed by atoms with Crippen molar-refractivity contribution in [1.29, 1.82) is 0 Å². The third kappa shape index (κ3) is 1.31. The summed E-state index contributed by atoms with van der Waals surface area (Å²) in [5.41, 5.74) is 5.36. The first kappa shape index (κ1) is 7.17. The first-order valence-corrected chi connectivity index (χ1v) is 2.90. The summed E-state index contributed by atoms with van der Waals surface area (Å²) < 4.78 is 4.93. The van der Waals surface area contributed by atoms with Crippen molar-refractivity contribution in [1.82, 2.24) is 10.2 Å². The Bertz CT molecular complexity index is 210. The molecule has 1 atom stereocenters. The van der Waals surface area contributed by atoms with E-state index < -0.39 is 6.04 Å². The van der Waals surface area contributed by atoms with Crippen LogP contribution in [0.1, 0.15) is 17.8 Å².